The number of aromatic nitrogens is 3. The van der Waals surface area contributed by atoms with E-state index in [2.05, 4.69) is 39.9 Å². The van der Waals surface area contributed by atoms with Gasteiger partial charge in [-0.25, -0.2) is 9.67 Å². The Labute approximate surface area is 150 Å². The molecule has 1 aromatic heterocycles. The molecule has 25 heavy (non-hydrogen) atoms. The van der Waals surface area contributed by atoms with Crippen molar-refractivity contribution in [1.82, 2.24) is 19.7 Å². The molecule has 2 atom stereocenters. The summed E-state index contributed by atoms with van der Waals surface area (Å²) in [5.41, 5.74) is 1.27. The Morgan fingerprint density at radius 2 is 2.04 bits per heavy atom. The van der Waals surface area contributed by atoms with Crippen molar-refractivity contribution in [2.45, 2.75) is 44.7 Å². The first-order valence-electron chi connectivity index (χ1n) is 9.51. The van der Waals surface area contributed by atoms with E-state index in [1.807, 2.05) is 0 Å². The first-order valence-corrected chi connectivity index (χ1v) is 9.51. The Balaban J connectivity index is 1.45. The molecule has 0 amide bonds. The fraction of sp³-hybridized carbons (Fsp3) is 0.600. The lowest BCUT2D eigenvalue weighted by Crippen LogP contribution is -2.34. The molecule has 1 saturated carbocycles. The van der Waals surface area contributed by atoms with E-state index in [0.29, 0.717) is 6.61 Å². The quantitative estimate of drug-likeness (QED) is 0.741. The fourth-order valence-corrected chi connectivity index (χ4v) is 4.34. The van der Waals surface area contributed by atoms with E-state index < -0.39 is 0 Å². The highest BCUT2D eigenvalue weighted by Gasteiger charge is 2.37. The molecule has 0 unspecified atom stereocenters. The molecule has 4 rings (SSSR count). The zero-order valence-electron chi connectivity index (χ0n) is 15.1. The zero-order chi connectivity index (χ0) is 17.1. The van der Waals surface area contributed by atoms with Gasteiger partial charge in [0, 0.05) is 39.1 Å². The molecule has 1 saturated heterocycles. The minimum absolute atomic E-state index is 0.671. The van der Waals surface area contributed by atoms with Gasteiger partial charge in [-0.3, -0.25) is 4.90 Å². The summed E-state index contributed by atoms with van der Waals surface area (Å²) in [6.07, 6.45) is 6.00. The summed E-state index contributed by atoms with van der Waals surface area (Å²) in [5.74, 6) is 2.96. The largest absolute Gasteiger partial charge is 0.384 e. The Morgan fingerprint density at radius 1 is 1.16 bits per heavy atom. The minimum atomic E-state index is 0.671. The first-order chi connectivity index (χ1) is 12.3. The van der Waals surface area contributed by atoms with Crippen LogP contribution in [-0.4, -0.2) is 52.5 Å². The summed E-state index contributed by atoms with van der Waals surface area (Å²) in [6.45, 7) is 3.86. The zero-order valence-corrected chi connectivity index (χ0v) is 15.1. The second-order valence-electron chi connectivity index (χ2n) is 7.41. The van der Waals surface area contributed by atoms with Crippen molar-refractivity contribution in [3.05, 3.63) is 47.5 Å². The van der Waals surface area contributed by atoms with Crippen LogP contribution in [0.25, 0.3) is 0 Å². The van der Waals surface area contributed by atoms with Crippen LogP contribution in [0.5, 0.6) is 0 Å². The predicted molar refractivity (Wildman–Crippen MR) is 97.6 cm³/mol. The molecule has 1 aliphatic heterocycles. The molecule has 1 aliphatic carbocycles. The summed E-state index contributed by atoms with van der Waals surface area (Å²) in [5, 5.41) is 4.74. The van der Waals surface area contributed by atoms with Crippen LogP contribution in [-0.2, 0) is 24.1 Å². The third-order valence-electron chi connectivity index (χ3n) is 5.64. The third-order valence-corrected chi connectivity index (χ3v) is 5.64. The van der Waals surface area contributed by atoms with Crippen molar-refractivity contribution in [3.63, 3.8) is 0 Å². The molecule has 2 bridgehead atoms. The lowest BCUT2D eigenvalue weighted by molar-refractivity contribution is 0.200. The van der Waals surface area contributed by atoms with Gasteiger partial charge in [0.15, 0.2) is 5.82 Å². The van der Waals surface area contributed by atoms with E-state index >= 15 is 0 Å². The summed E-state index contributed by atoms with van der Waals surface area (Å²) in [7, 11) is 1.73. The van der Waals surface area contributed by atoms with Gasteiger partial charge in [0.2, 0.25) is 0 Å². The normalized spacial score (nSPS) is 22.8. The van der Waals surface area contributed by atoms with Gasteiger partial charge in [0.1, 0.15) is 5.82 Å². The van der Waals surface area contributed by atoms with Crippen molar-refractivity contribution in [1.29, 1.82) is 0 Å². The van der Waals surface area contributed by atoms with E-state index in [4.69, 9.17) is 14.8 Å². The molecule has 5 nitrogen and oxygen atoms in total. The molecule has 2 fully saturated rings. The maximum Gasteiger partial charge on any atom is 0.153 e. The highest BCUT2D eigenvalue weighted by atomic mass is 16.5. The van der Waals surface area contributed by atoms with Crippen LogP contribution in [0.15, 0.2) is 30.3 Å². The Kier molecular flexibility index (Phi) is 5.13. The topological polar surface area (TPSA) is 43.2 Å². The average Bonchev–Trinajstić information content (AvgIpc) is 3.35. The summed E-state index contributed by atoms with van der Waals surface area (Å²) in [4.78, 5) is 7.48. The van der Waals surface area contributed by atoms with Crippen LogP contribution < -0.4 is 0 Å². The van der Waals surface area contributed by atoms with Crippen molar-refractivity contribution in [2.75, 3.05) is 26.8 Å². The molecule has 1 aromatic carbocycles. The van der Waals surface area contributed by atoms with Crippen molar-refractivity contribution < 1.29 is 4.74 Å². The van der Waals surface area contributed by atoms with Crippen LogP contribution in [0, 0.1) is 5.92 Å². The number of likely N-dealkylation sites (tertiary alicyclic amines) is 1. The highest BCUT2D eigenvalue weighted by Crippen LogP contribution is 2.37. The van der Waals surface area contributed by atoms with E-state index in [1.54, 1.807) is 7.11 Å². The second-order valence-corrected chi connectivity index (χ2v) is 7.41. The van der Waals surface area contributed by atoms with Crippen molar-refractivity contribution in [2.24, 2.45) is 5.92 Å². The van der Waals surface area contributed by atoms with E-state index in [0.717, 1.165) is 49.5 Å². The molecule has 5 heteroatoms. The maximum absolute atomic E-state index is 5.19. The van der Waals surface area contributed by atoms with Crippen LogP contribution in [0.4, 0.5) is 0 Å². The fourth-order valence-electron chi connectivity index (χ4n) is 4.34. The molecule has 134 valence electrons. The van der Waals surface area contributed by atoms with Gasteiger partial charge in [0.05, 0.1) is 13.2 Å². The molecule has 0 radical (unpaired) electrons. The smallest absolute Gasteiger partial charge is 0.153 e. The number of benzene rings is 1. The second kappa shape index (κ2) is 7.67. The number of methoxy groups -OCH3 is 1. The summed E-state index contributed by atoms with van der Waals surface area (Å²) >= 11 is 0. The van der Waals surface area contributed by atoms with Gasteiger partial charge < -0.3 is 4.74 Å². The van der Waals surface area contributed by atoms with Crippen molar-refractivity contribution in [3.8, 4) is 0 Å². The standard InChI is InChI=1S/C20H28N4O/c1-25-12-10-19-21-20(9-11-23-14-17-7-8-18(23)13-17)24(22-19)15-16-5-3-2-4-6-16/h2-6,17-18H,7-15H2,1H3/t17-,18+/m0/s1. The first kappa shape index (κ1) is 16.7. The van der Waals surface area contributed by atoms with E-state index in [-0.39, 0.29) is 0 Å². The molecular weight excluding hydrogens is 312 g/mol. The van der Waals surface area contributed by atoms with Gasteiger partial charge in [-0.1, -0.05) is 30.3 Å². The van der Waals surface area contributed by atoms with Crippen LogP contribution in [0.3, 0.4) is 0 Å². The Bertz CT molecular complexity index is 684. The molecule has 0 N–H and O–H groups in total. The third kappa shape index (κ3) is 3.93. The monoisotopic (exact) mass is 340 g/mol. The summed E-state index contributed by atoms with van der Waals surface area (Å²) in [6, 6.07) is 11.3. The molecule has 2 aliphatic rings. The number of ether oxygens (including phenoxy) is 1. The lowest BCUT2D eigenvalue weighted by atomic mass is 10.1. The Hall–Kier alpha value is -1.72. The Morgan fingerprint density at radius 3 is 2.76 bits per heavy atom. The number of hydrogen-bond donors (Lipinski definition) is 0. The van der Waals surface area contributed by atoms with Crippen molar-refractivity contribution >= 4 is 0 Å². The van der Waals surface area contributed by atoms with Crippen LogP contribution in [0.2, 0.25) is 0 Å². The SMILES string of the molecule is COCCc1nc(CCN2C[C@H]3CC[C@@H]2C3)n(Cc2ccccc2)n1. The van der Waals surface area contributed by atoms with Gasteiger partial charge in [-0.15, -0.1) is 0 Å². The molecular formula is C20H28N4O. The van der Waals surface area contributed by atoms with Gasteiger partial charge in [0.25, 0.3) is 0 Å². The maximum atomic E-state index is 5.19. The summed E-state index contributed by atoms with van der Waals surface area (Å²) < 4.78 is 7.28. The van der Waals surface area contributed by atoms with Crippen LogP contribution in [0.1, 0.15) is 36.5 Å². The lowest BCUT2D eigenvalue weighted by Gasteiger charge is -2.26. The number of piperidine rings is 1. The highest BCUT2D eigenvalue weighted by molar-refractivity contribution is 5.15. The van der Waals surface area contributed by atoms with Gasteiger partial charge in [-0.2, -0.15) is 5.10 Å². The van der Waals surface area contributed by atoms with E-state index in [9.17, 15) is 0 Å². The number of rotatable bonds is 8. The number of hydrogen-bond acceptors (Lipinski definition) is 4. The van der Waals surface area contributed by atoms with E-state index in [1.165, 1.54) is 31.4 Å². The minimum Gasteiger partial charge on any atom is -0.384 e. The van der Waals surface area contributed by atoms with Gasteiger partial charge >= 0.3 is 0 Å². The van der Waals surface area contributed by atoms with Gasteiger partial charge in [-0.05, 0) is 30.7 Å². The number of fused-ring (bicyclic) bond motifs is 2. The average molecular weight is 340 g/mol. The molecule has 2 aromatic rings. The molecule has 2 heterocycles. The number of nitrogens with zero attached hydrogens (tertiary/aromatic N) is 4. The van der Waals surface area contributed by atoms with Crippen LogP contribution >= 0.6 is 0 Å². The predicted octanol–water partition coefficient (Wildman–Crippen LogP) is 2.54. The molecule has 0 spiro atoms.